The molecule has 1 atom stereocenters. The van der Waals surface area contributed by atoms with Crippen LogP contribution in [-0.4, -0.2) is 53.7 Å². The third-order valence-corrected chi connectivity index (χ3v) is 6.04. The number of hydrogen-bond donors (Lipinski definition) is 2. The van der Waals surface area contributed by atoms with Crippen LogP contribution in [0.2, 0.25) is 0 Å². The first kappa shape index (κ1) is 21.6. The molecule has 7 heteroatoms. The van der Waals surface area contributed by atoms with Crippen LogP contribution >= 0.6 is 0 Å². The molecule has 2 aliphatic rings. The van der Waals surface area contributed by atoms with E-state index >= 15 is 0 Å². The predicted octanol–water partition coefficient (Wildman–Crippen LogP) is 3.55. The Morgan fingerprint density at radius 1 is 1.06 bits per heavy atom. The zero-order chi connectivity index (χ0) is 22.5. The highest BCUT2D eigenvalue weighted by molar-refractivity contribution is 5.88. The zero-order valence-corrected chi connectivity index (χ0v) is 17.7. The minimum Gasteiger partial charge on any atom is -0.481 e. The van der Waals surface area contributed by atoms with Crippen molar-refractivity contribution >= 4 is 18.0 Å². The maximum absolute atomic E-state index is 12.3. The fourth-order valence-corrected chi connectivity index (χ4v) is 4.59. The van der Waals surface area contributed by atoms with E-state index in [1.807, 2.05) is 24.3 Å². The van der Waals surface area contributed by atoms with Gasteiger partial charge in [0, 0.05) is 31.1 Å². The van der Waals surface area contributed by atoms with Gasteiger partial charge in [0.25, 0.3) is 0 Å². The van der Waals surface area contributed by atoms with Crippen molar-refractivity contribution < 1.29 is 24.2 Å². The summed E-state index contributed by atoms with van der Waals surface area (Å²) in [7, 11) is 0. The first-order valence-corrected chi connectivity index (χ1v) is 10.8. The van der Waals surface area contributed by atoms with Gasteiger partial charge in [-0.3, -0.25) is 9.59 Å². The Labute approximate surface area is 186 Å². The number of carboxylic acid groups (broad SMARTS) is 1. The number of likely N-dealkylation sites (tertiary alicyclic amines) is 1. The number of carbonyl (C=O) groups is 3. The van der Waals surface area contributed by atoms with Crippen LogP contribution in [0, 0.1) is 0 Å². The van der Waals surface area contributed by atoms with E-state index in [0.29, 0.717) is 13.0 Å². The molecule has 1 aliphatic heterocycles. The van der Waals surface area contributed by atoms with Gasteiger partial charge in [0.1, 0.15) is 6.61 Å². The van der Waals surface area contributed by atoms with E-state index in [4.69, 9.17) is 9.84 Å². The Balaban J connectivity index is 1.26. The van der Waals surface area contributed by atoms with Crippen molar-refractivity contribution in [3.8, 4) is 11.1 Å². The molecule has 1 saturated heterocycles. The number of nitrogens with zero attached hydrogens (tertiary/aromatic N) is 1. The summed E-state index contributed by atoms with van der Waals surface area (Å²) < 4.78 is 5.46. The van der Waals surface area contributed by atoms with E-state index in [9.17, 15) is 14.4 Å². The summed E-state index contributed by atoms with van der Waals surface area (Å²) in [5, 5.41) is 11.6. The number of amides is 2. The van der Waals surface area contributed by atoms with E-state index in [1.54, 1.807) is 11.0 Å². The van der Waals surface area contributed by atoms with Crippen LogP contribution in [0.1, 0.15) is 36.3 Å². The van der Waals surface area contributed by atoms with Crippen molar-refractivity contribution in [2.45, 2.75) is 31.2 Å². The second kappa shape index (κ2) is 9.68. The largest absolute Gasteiger partial charge is 0.481 e. The normalized spacial score (nSPS) is 17.2. The van der Waals surface area contributed by atoms with Gasteiger partial charge in [-0.05, 0) is 35.1 Å². The van der Waals surface area contributed by atoms with E-state index in [2.05, 4.69) is 29.6 Å². The molecule has 2 aromatic carbocycles. The first-order valence-electron chi connectivity index (χ1n) is 10.8. The number of fused-ring (bicyclic) bond motifs is 3. The Hall–Kier alpha value is -3.61. The number of rotatable bonds is 7. The van der Waals surface area contributed by atoms with Crippen molar-refractivity contribution in [3.05, 3.63) is 71.8 Å². The fraction of sp³-hybridized carbons (Fsp3) is 0.320. The molecule has 0 bridgehead atoms. The molecule has 1 heterocycles. The molecule has 0 radical (unpaired) electrons. The number of carbonyl (C=O) groups excluding carboxylic acids is 2. The second-order valence-electron chi connectivity index (χ2n) is 8.03. The minimum absolute atomic E-state index is 0.00777. The number of benzene rings is 2. The lowest BCUT2D eigenvalue weighted by Crippen LogP contribution is -2.35. The Kier molecular flexibility index (Phi) is 6.54. The summed E-state index contributed by atoms with van der Waals surface area (Å²) >= 11 is 0. The number of carboxylic acids is 1. The third-order valence-electron chi connectivity index (χ3n) is 6.04. The maximum atomic E-state index is 12.3. The molecular formula is C25H26N2O5. The van der Waals surface area contributed by atoms with Gasteiger partial charge in [-0.2, -0.15) is 0 Å². The monoisotopic (exact) mass is 434 g/mol. The molecule has 0 unspecified atom stereocenters. The zero-order valence-electron chi connectivity index (χ0n) is 17.7. The van der Waals surface area contributed by atoms with Crippen molar-refractivity contribution in [1.29, 1.82) is 0 Å². The van der Waals surface area contributed by atoms with Crippen LogP contribution in [-0.2, 0) is 14.3 Å². The number of nitrogens with one attached hydrogen (secondary N) is 1. The van der Waals surface area contributed by atoms with Gasteiger partial charge in [-0.25, -0.2) is 4.79 Å². The van der Waals surface area contributed by atoms with Gasteiger partial charge in [-0.15, -0.1) is 0 Å². The lowest BCUT2D eigenvalue weighted by atomic mass is 9.98. The molecule has 4 rings (SSSR count). The number of hydrogen-bond acceptors (Lipinski definition) is 4. The highest BCUT2D eigenvalue weighted by Gasteiger charge is 2.30. The summed E-state index contributed by atoms with van der Waals surface area (Å²) in [5.74, 6) is -1.15. The van der Waals surface area contributed by atoms with E-state index in [-0.39, 0.29) is 37.4 Å². The van der Waals surface area contributed by atoms with Crippen LogP contribution in [0.5, 0.6) is 0 Å². The topological polar surface area (TPSA) is 95.9 Å². The summed E-state index contributed by atoms with van der Waals surface area (Å²) in [6, 6.07) is 16.0. The van der Waals surface area contributed by atoms with Gasteiger partial charge in [0.05, 0.1) is 6.42 Å². The van der Waals surface area contributed by atoms with Gasteiger partial charge >= 0.3 is 12.1 Å². The molecular weight excluding hydrogens is 408 g/mol. The molecule has 2 aromatic rings. The second-order valence-corrected chi connectivity index (χ2v) is 8.03. The highest BCUT2D eigenvalue weighted by atomic mass is 16.5. The number of aliphatic carboxylic acids is 1. The van der Waals surface area contributed by atoms with E-state index < -0.39 is 12.1 Å². The van der Waals surface area contributed by atoms with Crippen molar-refractivity contribution in [2.24, 2.45) is 0 Å². The van der Waals surface area contributed by atoms with Gasteiger partial charge in [0.2, 0.25) is 5.91 Å². The lowest BCUT2D eigenvalue weighted by molar-refractivity contribution is -0.139. The highest BCUT2D eigenvalue weighted by Crippen LogP contribution is 2.44. The van der Waals surface area contributed by atoms with Gasteiger partial charge in [0.15, 0.2) is 0 Å². The number of ether oxygens (including phenoxy) is 1. The van der Waals surface area contributed by atoms with Crippen molar-refractivity contribution in [3.63, 3.8) is 0 Å². The Morgan fingerprint density at radius 2 is 1.72 bits per heavy atom. The molecule has 166 valence electrons. The van der Waals surface area contributed by atoms with Crippen LogP contribution in [0.3, 0.4) is 0 Å². The SMILES string of the molecule is O=C(O)C[C@@H]1CCCN1C(=O)/C=C/CNC(=O)OCC1c2ccccc2-c2ccccc21. The molecule has 0 spiro atoms. The van der Waals surface area contributed by atoms with Crippen LogP contribution in [0.25, 0.3) is 11.1 Å². The molecule has 0 aromatic heterocycles. The molecule has 32 heavy (non-hydrogen) atoms. The Morgan fingerprint density at radius 3 is 2.38 bits per heavy atom. The standard InChI is InChI=1S/C25H26N2O5/c28-23(27-14-6-7-17(27)15-24(29)30)12-5-13-26-25(31)32-16-22-20-10-3-1-8-18(20)19-9-2-4-11-21(19)22/h1-5,8-12,17,22H,6-7,13-16H2,(H,26,31)(H,29,30)/b12-5+/t17-/m0/s1. The summed E-state index contributed by atoms with van der Waals surface area (Å²) in [6.45, 7) is 0.938. The minimum atomic E-state index is -0.907. The van der Waals surface area contributed by atoms with Crippen LogP contribution in [0.15, 0.2) is 60.7 Å². The lowest BCUT2D eigenvalue weighted by Gasteiger charge is -2.21. The average molecular weight is 434 g/mol. The van der Waals surface area contributed by atoms with Crippen molar-refractivity contribution in [2.75, 3.05) is 19.7 Å². The van der Waals surface area contributed by atoms with E-state index in [1.165, 1.54) is 17.2 Å². The maximum Gasteiger partial charge on any atom is 0.407 e. The molecule has 0 saturated carbocycles. The summed E-state index contributed by atoms with van der Waals surface area (Å²) in [5.41, 5.74) is 4.63. The Bertz CT molecular complexity index is 1000. The van der Waals surface area contributed by atoms with Gasteiger partial charge < -0.3 is 20.1 Å². The first-order chi connectivity index (χ1) is 15.5. The van der Waals surface area contributed by atoms with Crippen LogP contribution in [0.4, 0.5) is 4.79 Å². The van der Waals surface area contributed by atoms with Crippen LogP contribution < -0.4 is 5.32 Å². The molecule has 1 aliphatic carbocycles. The summed E-state index contributed by atoms with van der Waals surface area (Å²) in [4.78, 5) is 37.0. The van der Waals surface area contributed by atoms with Crippen molar-refractivity contribution in [1.82, 2.24) is 10.2 Å². The fourth-order valence-electron chi connectivity index (χ4n) is 4.59. The predicted molar refractivity (Wildman–Crippen MR) is 119 cm³/mol. The molecule has 2 amide bonds. The van der Waals surface area contributed by atoms with E-state index in [0.717, 1.165) is 17.5 Å². The number of alkyl carbamates (subject to hydrolysis) is 1. The molecule has 7 nitrogen and oxygen atoms in total. The molecule has 2 N–H and O–H groups in total. The average Bonchev–Trinajstić information content (AvgIpc) is 3.37. The summed E-state index contributed by atoms with van der Waals surface area (Å²) in [6.07, 6.45) is 3.84. The smallest absolute Gasteiger partial charge is 0.407 e. The van der Waals surface area contributed by atoms with Gasteiger partial charge in [-0.1, -0.05) is 54.6 Å². The molecule has 1 fully saturated rings. The quantitative estimate of drug-likeness (QED) is 0.650. The third kappa shape index (κ3) is 4.66.